The lowest BCUT2D eigenvalue weighted by Gasteiger charge is -2.35. The first-order chi connectivity index (χ1) is 10.3. The van der Waals surface area contributed by atoms with Crippen LogP contribution in [-0.4, -0.2) is 55.2 Å². The second-order valence-electron chi connectivity index (χ2n) is 6.19. The van der Waals surface area contributed by atoms with Crippen LogP contribution in [0.4, 0.5) is 0 Å². The zero-order valence-electron chi connectivity index (χ0n) is 13.3. The number of carbonyl (C=O) groups excluding carboxylic acids is 1. The molecule has 0 saturated carbocycles. The average Bonchev–Trinajstić information content (AvgIpc) is 2.47. The van der Waals surface area contributed by atoms with Gasteiger partial charge in [0.1, 0.15) is 4.90 Å². The monoisotopic (exact) mass is 325 g/mol. The van der Waals surface area contributed by atoms with E-state index in [4.69, 9.17) is 0 Å². The van der Waals surface area contributed by atoms with Gasteiger partial charge in [-0.05, 0) is 30.4 Å². The van der Waals surface area contributed by atoms with Crippen LogP contribution in [0.5, 0.6) is 0 Å². The molecule has 6 nitrogen and oxygen atoms in total. The van der Waals surface area contributed by atoms with Gasteiger partial charge in [-0.15, -0.1) is 0 Å². The van der Waals surface area contributed by atoms with E-state index in [9.17, 15) is 13.2 Å². The summed E-state index contributed by atoms with van der Waals surface area (Å²) in [6.45, 7) is 5.49. The normalized spacial score (nSPS) is 22.8. The summed E-state index contributed by atoms with van der Waals surface area (Å²) < 4.78 is 25.9. The van der Waals surface area contributed by atoms with Gasteiger partial charge in [0.2, 0.25) is 15.9 Å². The minimum atomic E-state index is -3.68. The summed E-state index contributed by atoms with van der Waals surface area (Å²) in [5.74, 6) is 0.759. The van der Waals surface area contributed by atoms with Gasteiger partial charge >= 0.3 is 0 Å². The highest BCUT2D eigenvalue weighted by Gasteiger charge is 2.29. The van der Waals surface area contributed by atoms with Gasteiger partial charge in [0.15, 0.2) is 0 Å². The molecule has 0 aliphatic carbocycles. The third kappa shape index (κ3) is 3.84. The number of rotatable bonds is 4. The first-order valence-electron chi connectivity index (χ1n) is 7.45. The summed E-state index contributed by atoms with van der Waals surface area (Å²) in [5.41, 5.74) is 0. The van der Waals surface area contributed by atoms with E-state index in [1.165, 1.54) is 25.5 Å². The zero-order valence-corrected chi connectivity index (χ0v) is 14.1. The maximum atomic E-state index is 12.4. The molecular formula is C15H23N3O3S. The number of sulfonamides is 1. The fourth-order valence-electron chi connectivity index (χ4n) is 2.92. The Morgan fingerprint density at radius 3 is 2.55 bits per heavy atom. The van der Waals surface area contributed by atoms with Gasteiger partial charge in [-0.3, -0.25) is 9.78 Å². The molecule has 1 aromatic heterocycles. The SMILES string of the molecule is C[C@@H]1C[C@H](C)CN(C(=O)CN(C)S(=O)(=O)c2cccnc2)C1. The fourth-order valence-corrected chi connectivity index (χ4v) is 4.01. The molecule has 0 aromatic carbocycles. The number of piperidine rings is 1. The lowest BCUT2D eigenvalue weighted by atomic mass is 9.92. The van der Waals surface area contributed by atoms with Crippen molar-refractivity contribution >= 4 is 15.9 Å². The summed E-state index contributed by atoms with van der Waals surface area (Å²) in [6, 6.07) is 3.05. The van der Waals surface area contributed by atoms with Crippen molar-refractivity contribution in [2.75, 3.05) is 26.7 Å². The molecular weight excluding hydrogens is 302 g/mol. The number of hydrogen-bond donors (Lipinski definition) is 0. The number of amides is 1. The molecule has 0 spiro atoms. The van der Waals surface area contributed by atoms with E-state index >= 15 is 0 Å². The Morgan fingerprint density at radius 1 is 1.36 bits per heavy atom. The summed E-state index contributed by atoms with van der Waals surface area (Å²) in [5, 5.41) is 0. The third-order valence-electron chi connectivity index (χ3n) is 3.92. The molecule has 122 valence electrons. The van der Waals surface area contributed by atoms with Gasteiger partial charge in [0.25, 0.3) is 0 Å². The van der Waals surface area contributed by atoms with Crippen molar-refractivity contribution in [3.63, 3.8) is 0 Å². The maximum Gasteiger partial charge on any atom is 0.244 e. The van der Waals surface area contributed by atoms with Gasteiger partial charge in [-0.25, -0.2) is 8.42 Å². The Bertz CT molecular complexity index is 608. The number of nitrogens with zero attached hydrogens (tertiary/aromatic N) is 3. The van der Waals surface area contributed by atoms with E-state index in [1.54, 1.807) is 11.0 Å². The quantitative estimate of drug-likeness (QED) is 0.834. The van der Waals surface area contributed by atoms with Crippen molar-refractivity contribution in [3.05, 3.63) is 24.5 Å². The van der Waals surface area contributed by atoms with E-state index in [1.807, 2.05) is 0 Å². The van der Waals surface area contributed by atoms with Crippen LogP contribution in [0.1, 0.15) is 20.3 Å². The molecule has 1 amide bonds. The molecule has 1 aliphatic heterocycles. The van der Waals surface area contributed by atoms with Crippen molar-refractivity contribution in [2.45, 2.75) is 25.2 Å². The topological polar surface area (TPSA) is 70.6 Å². The zero-order chi connectivity index (χ0) is 16.3. The van der Waals surface area contributed by atoms with E-state index in [0.717, 1.165) is 10.7 Å². The number of carbonyl (C=O) groups is 1. The predicted octanol–water partition coefficient (Wildman–Crippen LogP) is 1.21. The van der Waals surface area contributed by atoms with E-state index in [0.29, 0.717) is 24.9 Å². The number of hydrogen-bond acceptors (Lipinski definition) is 4. The Morgan fingerprint density at radius 2 is 2.00 bits per heavy atom. The van der Waals surface area contributed by atoms with E-state index < -0.39 is 10.0 Å². The van der Waals surface area contributed by atoms with Crippen LogP contribution in [0.25, 0.3) is 0 Å². The minimum absolute atomic E-state index is 0.102. The largest absolute Gasteiger partial charge is 0.341 e. The van der Waals surface area contributed by atoms with Crippen molar-refractivity contribution in [1.82, 2.24) is 14.2 Å². The van der Waals surface area contributed by atoms with Crippen LogP contribution < -0.4 is 0 Å². The minimum Gasteiger partial charge on any atom is -0.341 e. The molecule has 7 heteroatoms. The van der Waals surface area contributed by atoms with Crippen molar-refractivity contribution in [1.29, 1.82) is 0 Å². The maximum absolute atomic E-state index is 12.4. The molecule has 0 unspecified atom stereocenters. The van der Waals surface area contributed by atoms with Gasteiger partial charge in [0.05, 0.1) is 6.54 Å². The molecule has 1 aliphatic rings. The number of aromatic nitrogens is 1. The van der Waals surface area contributed by atoms with Crippen LogP contribution in [0.3, 0.4) is 0 Å². The number of pyridine rings is 1. The molecule has 0 bridgehead atoms. The first-order valence-corrected chi connectivity index (χ1v) is 8.89. The first kappa shape index (κ1) is 16.9. The fraction of sp³-hybridized carbons (Fsp3) is 0.600. The molecule has 2 rings (SSSR count). The molecule has 1 fully saturated rings. The van der Waals surface area contributed by atoms with Gasteiger partial charge < -0.3 is 4.90 Å². The van der Waals surface area contributed by atoms with Crippen LogP contribution in [0.2, 0.25) is 0 Å². The molecule has 0 N–H and O–H groups in total. The Balaban J connectivity index is 2.05. The van der Waals surface area contributed by atoms with Crippen molar-refractivity contribution in [3.8, 4) is 0 Å². The number of likely N-dealkylation sites (N-methyl/N-ethyl adjacent to an activating group) is 1. The smallest absolute Gasteiger partial charge is 0.244 e. The lowest BCUT2D eigenvalue weighted by Crippen LogP contribution is -2.47. The highest BCUT2D eigenvalue weighted by Crippen LogP contribution is 2.21. The molecule has 1 aromatic rings. The summed E-state index contributed by atoms with van der Waals surface area (Å²) in [6.07, 6.45) is 3.91. The lowest BCUT2D eigenvalue weighted by molar-refractivity contribution is -0.133. The Kier molecular flexibility index (Phi) is 5.18. The summed E-state index contributed by atoms with van der Waals surface area (Å²) in [4.78, 5) is 18.1. The second kappa shape index (κ2) is 6.75. The van der Waals surface area contributed by atoms with Crippen LogP contribution in [0, 0.1) is 11.8 Å². The standard InChI is InChI=1S/C15H23N3O3S/c1-12-7-13(2)10-18(9-12)15(19)11-17(3)22(20,21)14-5-4-6-16-8-14/h4-6,8,12-13H,7,9-11H2,1-3H3/t12-,13+. The summed E-state index contributed by atoms with van der Waals surface area (Å²) >= 11 is 0. The third-order valence-corrected chi connectivity index (χ3v) is 5.71. The number of likely N-dealkylation sites (tertiary alicyclic amines) is 1. The average molecular weight is 325 g/mol. The Labute approximate surface area is 132 Å². The van der Waals surface area contributed by atoms with Crippen molar-refractivity contribution < 1.29 is 13.2 Å². The van der Waals surface area contributed by atoms with E-state index in [2.05, 4.69) is 18.8 Å². The van der Waals surface area contributed by atoms with Gasteiger partial charge in [0, 0.05) is 32.5 Å². The van der Waals surface area contributed by atoms with Crippen molar-refractivity contribution in [2.24, 2.45) is 11.8 Å². The highest BCUT2D eigenvalue weighted by molar-refractivity contribution is 7.89. The molecule has 2 atom stereocenters. The Hall–Kier alpha value is -1.47. The summed E-state index contributed by atoms with van der Waals surface area (Å²) in [7, 11) is -2.25. The van der Waals surface area contributed by atoms with Crippen LogP contribution in [0.15, 0.2) is 29.4 Å². The van der Waals surface area contributed by atoms with Crippen LogP contribution >= 0.6 is 0 Å². The van der Waals surface area contributed by atoms with Gasteiger partial charge in [-0.2, -0.15) is 4.31 Å². The molecule has 1 saturated heterocycles. The second-order valence-corrected chi connectivity index (χ2v) is 8.24. The highest BCUT2D eigenvalue weighted by atomic mass is 32.2. The van der Waals surface area contributed by atoms with E-state index in [-0.39, 0.29) is 17.3 Å². The molecule has 2 heterocycles. The van der Waals surface area contributed by atoms with Crippen LogP contribution in [-0.2, 0) is 14.8 Å². The molecule has 22 heavy (non-hydrogen) atoms. The molecule has 0 radical (unpaired) electrons. The van der Waals surface area contributed by atoms with Gasteiger partial charge in [-0.1, -0.05) is 13.8 Å². The predicted molar refractivity (Wildman–Crippen MR) is 83.6 cm³/mol.